The summed E-state index contributed by atoms with van der Waals surface area (Å²) in [6.07, 6.45) is 4.38. The maximum Gasteiger partial charge on any atom is 0.268 e. The van der Waals surface area contributed by atoms with Gasteiger partial charge in [-0.15, -0.1) is 0 Å². The lowest BCUT2D eigenvalue weighted by Gasteiger charge is -2.59. The van der Waals surface area contributed by atoms with E-state index in [-0.39, 0.29) is 11.7 Å². The molecule has 8 heteroatoms. The minimum atomic E-state index is -1.16. The van der Waals surface area contributed by atoms with E-state index in [1.54, 1.807) is 18.2 Å². The molecule has 3 aromatic rings. The van der Waals surface area contributed by atoms with Crippen molar-refractivity contribution in [1.82, 2.24) is 9.88 Å². The molecular weight excluding hydrogens is 457 g/mol. The lowest BCUT2D eigenvalue weighted by atomic mass is 9.51. The maximum absolute atomic E-state index is 15.5. The SMILES string of the molecule is N=C(N)c1ccc2cc(C(=O)NC34CC5CC(CC(F)(C5)C3)C4)n(Cc3ccc(C(N)=O)cc3)c2c1. The van der Waals surface area contributed by atoms with E-state index in [9.17, 15) is 9.59 Å². The molecule has 0 saturated heterocycles. The summed E-state index contributed by atoms with van der Waals surface area (Å²) in [5.74, 6) is -0.0906. The third-order valence-corrected chi connectivity index (χ3v) is 8.40. The van der Waals surface area contributed by atoms with Crippen LogP contribution >= 0.6 is 0 Å². The number of hydrogen-bond acceptors (Lipinski definition) is 3. The zero-order valence-corrected chi connectivity index (χ0v) is 20.0. The number of carbonyl (C=O) groups is 2. The van der Waals surface area contributed by atoms with E-state index in [1.807, 2.05) is 34.9 Å². The third kappa shape index (κ3) is 3.85. The Labute approximate surface area is 208 Å². The van der Waals surface area contributed by atoms with Crippen molar-refractivity contribution in [3.63, 3.8) is 0 Å². The zero-order valence-electron chi connectivity index (χ0n) is 20.0. The fourth-order valence-electron chi connectivity index (χ4n) is 7.34. The summed E-state index contributed by atoms with van der Waals surface area (Å²) < 4.78 is 17.4. The molecule has 6 N–H and O–H groups in total. The van der Waals surface area contributed by atoms with Gasteiger partial charge in [0, 0.05) is 40.5 Å². The first-order valence-electron chi connectivity index (χ1n) is 12.5. The Bertz CT molecular complexity index is 1400. The molecule has 4 aliphatic rings. The number of rotatable bonds is 6. The van der Waals surface area contributed by atoms with Gasteiger partial charge >= 0.3 is 0 Å². The van der Waals surface area contributed by atoms with Crippen LogP contribution in [-0.2, 0) is 6.54 Å². The molecule has 4 fully saturated rings. The average molecular weight is 488 g/mol. The number of amidine groups is 1. The molecule has 7 rings (SSSR count). The van der Waals surface area contributed by atoms with Crippen molar-refractivity contribution in [2.75, 3.05) is 0 Å². The number of nitrogens with one attached hydrogen (secondary N) is 2. The number of aromatic nitrogens is 1. The second kappa shape index (κ2) is 7.91. The van der Waals surface area contributed by atoms with Crippen molar-refractivity contribution in [1.29, 1.82) is 5.41 Å². The van der Waals surface area contributed by atoms with Gasteiger partial charge in [0.25, 0.3) is 5.91 Å². The van der Waals surface area contributed by atoms with Crippen LogP contribution in [0.1, 0.15) is 70.5 Å². The molecule has 0 radical (unpaired) electrons. The van der Waals surface area contributed by atoms with E-state index in [4.69, 9.17) is 16.9 Å². The van der Waals surface area contributed by atoms with Crippen LogP contribution in [0.3, 0.4) is 0 Å². The number of hydrogen-bond donors (Lipinski definition) is 4. The minimum absolute atomic E-state index is 0.0525. The van der Waals surface area contributed by atoms with Crippen LogP contribution in [0, 0.1) is 17.2 Å². The van der Waals surface area contributed by atoms with Gasteiger partial charge in [-0.05, 0) is 73.8 Å². The van der Waals surface area contributed by atoms with E-state index < -0.39 is 17.1 Å². The summed E-state index contributed by atoms with van der Waals surface area (Å²) in [6.45, 7) is 0.373. The number of fused-ring (bicyclic) bond motifs is 1. The number of halogens is 1. The number of nitrogens with zero attached hydrogens (tertiary/aromatic N) is 1. The first-order chi connectivity index (χ1) is 17.1. The van der Waals surface area contributed by atoms with Gasteiger partial charge in [-0.1, -0.05) is 24.3 Å². The summed E-state index contributed by atoms with van der Waals surface area (Å²) in [5.41, 5.74) is 12.6. The van der Waals surface area contributed by atoms with E-state index in [2.05, 4.69) is 5.32 Å². The summed E-state index contributed by atoms with van der Waals surface area (Å²) in [6, 6.07) is 14.2. The highest BCUT2D eigenvalue weighted by Gasteiger charge is 2.58. The number of primary amides is 1. The Morgan fingerprint density at radius 3 is 2.28 bits per heavy atom. The third-order valence-electron chi connectivity index (χ3n) is 8.40. The molecule has 1 aromatic heterocycles. The first kappa shape index (κ1) is 22.8. The molecule has 1 heterocycles. The van der Waals surface area contributed by atoms with E-state index in [0.29, 0.717) is 54.5 Å². The highest BCUT2D eigenvalue weighted by molar-refractivity contribution is 6.02. The second-order valence-corrected chi connectivity index (χ2v) is 11.2. The summed E-state index contributed by atoms with van der Waals surface area (Å²) in [5, 5.41) is 12.0. The number of nitrogens with two attached hydrogens (primary N) is 2. The topological polar surface area (TPSA) is 127 Å². The Kier molecular flexibility index (Phi) is 5.00. The molecule has 0 aliphatic heterocycles. The van der Waals surface area contributed by atoms with Crippen LogP contribution in [0.5, 0.6) is 0 Å². The fourth-order valence-corrected chi connectivity index (χ4v) is 7.34. The highest BCUT2D eigenvalue weighted by atomic mass is 19.1. The molecule has 36 heavy (non-hydrogen) atoms. The van der Waals surface area contributed by atoms with Crippen molar-refractivity contribution < 1.29 is 14.0 Å². The van der Waals surface area contributed by atoms with Gasteiger partial charge in [-0.2, -0.15) is 0 Å². The molecule has 4 saturated carbocycles. The van der Waals surface area contributed by atoms with Gasteiger partial charge in [-0.25, -0.2) is 4.39 Å². The van der Waals surface area contributed by atoms with Crippen molar-refractivity contribution in [3.8, 4) is 0 Å². The zero-order chi connectivity index (χ0) is 25.2. The molecule has 2 unspecified atom stereocenters. The lowest BCUT2D eigenvalue weighted by Crippen LogP contribution is -2.64. The maximum atomic E-state index is 15.5. The summed E-state index contributed by atoms with van der Waals surface area (Å²) in [7, 11) is 0. The molecular formula is C28H30FN5O2. The number of carbonyl (C=O) groups excluding carboxylic acids is 2. The number of nitrogen functional groups attached to an aromatic ring is 1. The van der Waals surface area contributed by atoms with Gasteiger partial charge in [0.1, 0.15) is 17.2 Å². The highest BCUT2D eigenvalue weighted by Crippen LogP contribution is 2.59. The quantitative estimate of drug-likeness (QED) is 0.311. The predicted octanol–water partition coefficient (Wildman–Crippen LogP) is 3.86. The first-order valence-corrected chi connectivity index (χ1v) is 12.5. The molecule has 2 atom stereocenters. The van der Waals surface area contributed by atoms with Crippen molar-refractivity contribution >= 4 is 28.6 Å². The summed E-state index contributed by atoms with van der Waals surface area (Å²) in [4.78, 5) is 25.3. The molecule has 4 aliphatic carbocycles. The molecule has 7 nitrogen and oxygen atoms in total. The number of amides is 2. The van der Waals surface area contributed by atoms with Crippen LogP contribution in [0.4, 0.5) is 4.39 Å². The average Bonchev–Trinajstić information content (AvgIpc) is 3.15. The molecule has 0 spiro atoms. The van der Waals surface area contributed by atoms with Crippen LogP contribution in [-0.4, -0.2) is 33.4 Å². The molecule has 2 aromatic carbocycles. The molecule has 4 bridgehead atoms. The van der Waals surface area contributed by atoms with Gasteiger partial charge < -0.3 is 21.4 Å². The van der Waals surface area contributed by atoms with Crippen LogP contribution < -0.4 is 16.8 Å². The van der Waals surface area contributed by atoms with Crippen LogP contribution in [0.25, 0.3) is 10.9 Å². The van der Waals surface area contributed by atoms with E-state index >= 15 is 4.39 Å². The predicted molar refractivity (Wildman–Crippen MR) is 136 cm³/mol. The van der Waals surface area contributed by atoms with Crippen LogP contribution in [0.2, 0.25) is 0 Å². The van der Waals surface area contributed by atoms with Crippen molar-refractivity contribution in [2.45, 2.75) is 56.3 Å². The van der Waals surface area contributed by atoms with Crippen molar-refractivity contribution in [2.24, 2.45) is 23.3 Å². The van der Waals surface area contributed by atoms with E-state index in [0.717, 1.165) is 35.7 Å². The smallest absolute Gasteiger partial charge is 0.268 e. The number of alkyl halides is 1. The summed E-state index contributed by atoms with van der Waals surface area (Å²) >= 11 is 0. The molecule has 2 amide bonds. The van der Waals surface area contributed by atoms with Gasteiger partial charge in [0.2, 0.25) is 5.91 Å². The fraction of sp³-hybridized carbons (Fsp3) is 0.393. The Hall–Kier alpha value is -3.68. The lowest BCUT2D eigenvalue weighted by molar-refractivity contribution is -0.0938. The minimum Gasteiger partial charge on any atom is -0.384 e. The van der Waals surface area contributed by atoms with Gasteiger partial charge in [0.05, 0.1) is 0 Å². The Morgan fingerprint density at radius 2 is 1.67 bits per heavy atom. The standard InChI is InChI=1S/C28H30FN5O2/c29-27-10-17-7-18(11-27)13-28(12-17,15-27)33-26(36)23-8-20-5-6-21(24(30)31)9-22(20)34(23)14-16-1-3-19(4-2-16)25(32)35/h1-6,8-9,17-18H,7,10-15H2,(H3,30,31)(H2,32,35)(H,33,36). The van der Waals surface area contributed by atoms with Gasteiger partial charge in [-0.3, -0.25) is 15.0 Å². The Balaban J connectivity index is 1.38. The normalized spacial score (nSPS) is 28.4. The second-order valence-electron chi connectivity index (χ2n) is 11.2. The van der Waals surface area contributed by atoms with E-state index in [1.165, 1.54) is 0 Å². The Morgan fingerprint density at radius 1 is 1.00 bits per heavy atom. The monoisotopic (exact) mass is 487 g/mol. The largest absolute Gasteiger partial charge is 0.384 e. The molecule has 186 valence electrons. The number of benzene rings is 2. The van der Waals surface area contributed by atoms with Gasteiger partial charge in [0.15, 0.2) is 0 Å². The van der Waals surface area contributed by atoms with Crippen molar-refractivity contribution in [3.05, 3.63) is 70.9 Å². The van der Waals surface area contributed by atoms with Crippen LogP contribution in [0.15, 0.2) is 48.5 Å².